The van der Waals surface area contributed by atoms with Crippen LogP contribution in [-0.2, 0) is 9.53 Å². The Morgan fingerprint density at radius 2 is 2.24 bits per heavy atom. The largest absolute Gasteiger partial charge is 0.480 e. The van der Waals surface area contributed by atoms with Gasteiger partial charge in [0.05, 0.1) is 6.04 Å². The molecule has 1 amide bonds. The van der Waals surface area contributed by atoms with Gasteiger partial charge in [0.15, 0.2) is 0 Å². The number of aromatic nitrogens is 2. The van der Waals surface area contributed by atoms with E-state index in [-0.39, 0.29) is 19.1 Å². The van der Waals surface area contributed by atoms with Crippen LogP contribution in [0, 0.1) is 0 Å². The van der Waals surface area contributed by atoms with Gasteiger partial charge in [0.25, 0.3) is 5.91 Å². The van der Waals surface area contributed by atoms with E-state index in [1.54, 1.807) is 16.9 Å². The molecule has 1 heterocycles. The molecule has 1 aliphatic carbocycles. The maximum atomic E-state index is 12.3. The first kappa shape index (κ1) is 15.5. The van der Waals surface area contributed by atoms with Crippen molar-refractivity contribution in [3.05, 3.63) is 18.0 Å². The van der Waals surface area contributed by atoms with Crippen molar-refractivity contribution in [3.8, 4) is 0 Å². The van der Waals surface area contributed by atoms with Crippen molar-refractivity contribution in [1.82, 2.24) is 15.1 Å². The van der Waals surface area contributed by atoms with E-state index in [9.17, 15) is 9.59 Å². The third-order valence-corrected chi connectivity index (χ3v) is 3.79. The monoisotopic (exact) mass is 295 g/mol. The minimum absolute atomic E-state index is 0.231. The first-order valence-corrected chi connectivity index (χ1v) is 7.19. The molecule has 2 rings (SSSR count). The summed E-state index contributed by atoms with van der Waals surface area (Å²) in [5.74, 6) is -1.46. The maximum absolute atomic E-state index is 12.3. The number of carbonyl (C=O) groups is 2. The van der Waals surface area contributed by atoms with Gasteiger partial charge in [-0.25, -0.2) is 4.79 Å². The van der Waals surface area contributed by atoms with Crippen molar-refractivity contribution < 1.29 is 19.4 Å². The summed E-state index contributed by atoms with van der Waals surface area (Å²) in [4.78, 5) is 23.4. The molecular formula is C14H21N3O4. The van der Waals surface area contributed by atoms with Gasteiger partial charge in [0.2, 0.25) is 0 Å². The molecule has 1 aromatic heterocycles. The number of nitrogens with zero attached hydrogens (tertiary/aromatic N) is 2. The second kappa shape index (κ2) is 7.21. The van der Waals surface area contributed by atoms with Crippen LogP contribution in [-0.4, -0.2) is 46.5 Å². The van der Waals surface area contributed by atoms with Crippen molar-refractivity contribution in [2.24, 2.45) is 0 Å². The van der Waals surface area contributed by atoms with E-state index in [0.29, 0.717) is 5.69 Å². The van der Waals surface area contributed by atoms with Gasteiger partial charge in [-0.1, -0.05) is 12.8 Å². The van der Waals surface area contributed by atoms with Crippen LogP contribution in [0.2, 0.25) is 0 Å². The topological polar surface area (TPSA) is 93.5 Å². The van der Waals surface area contributed by atoms with E-state index >= 15 is 0 Å². The van der Waals surface area contributed by atoms with Gasteiger partial charge in [0, 0.05) is 26.3 Å². The summed E-state index contributed by atoms with van der Waals surface area (Å²) < 4.78 is 6.59. The second-order valence-corrected chi connectivity index (χ2v) is 5.25. The molecule has 0 bridgehead atoms. The number of rotatable bonds is 7. The lowest BCUT2D eigenvalue weighted by atomic mass is 10.2. The predicted molar refractivity (Wildman–Crippen MR) is 75.1 cm³/mol. The van der Waals surface area contributed by atoms with Crippen molar-refractivity contribution >= 4 is 11.9 Å². The Bertz CT molecular complexity index is 494. The van der Waals surface area contributed by atoms with Gasteiger partial charge in [-0.15, -0.1) is 0 Å². The summed E-state index contributed by atoms with van der Waals surface area (Å²) in [6.45, 7) is 0.277. The number of hydrogen-bond donors (Lipinski definition) is 2. The Hall–Kier alpha value is -1.89. The number of carboxylic acid groups (broad SMARTS) is 1. The normalized spacial score (nSPS) is 16.8. The summed E-state index contributed by atoms with van der Waals surface area (Å²) in [5, 5.41) is 15.9. The number of carbonyl (C=O) groups excluding carboxylic acids is 1. The fraction of sp³-hybridized carbons (Fsp3) is 0.643. The predicted octanol–water partition coefficient (Wildman–Crippen LogP) is 1.22. The summed E-state index contributed by atoms with van der Waals surface area (Å²) in [5.41, 5.74) is 0.422. The van der Waals surface area contributed by atoms with Gasteiger partial charge in [-0.2, -0.15) is 5.10 Å². The van der Waals surface area contributed by atoms with Crippen molar-refractivity contribution in [2.45, 2.75) is 44.2 Å². The number of carboxylic acids is 1. The van der Waals surface area contributed by atoms with Crippen LogP contribution in [0.3, 0.4) is 0 Å². The van der Waals surface area contributed by atoms with Crippen LogP contribution in [0.4, 0.5) is 0 Å². The fourth-order valence-electron chi connectivity index (χ4n) is 2.66. The zero-order chi connectivity index (χ0) is 15.2. The molecule has 116 valence electrons. The summed E-state index contributed by atoms with van der Waals surface area (Å²) in [6, 6.07) is 0.912. The highest BCUT2D eigenvalue weighted by Gasteiger charge is 2.25. The van der Waals surface area contributed by atoms with Crippen LogP contribution < -0.4 is 5.32 Å². The molecule has 1 fully saturated rings. The van der Waals surface area contributed by atoms with E-state index in [1.165, 1.54) is 7.11 Å². The molecule has 0 aliphatic heterocycles. The summed E-state index contributed by atoms with van der Waals surface area (Å²) in [7, 11) is 1.50. The molecule has 1 saturated carbocycles. The lowest BCUT2D eigenvalue weighted by Crippen LogP contribution is -2.42. The van der Waals surface area contributed by atoms with Gasteiger partial charge in [-0.3, -0.25) is 9.48 Å². The van der Waals surface area contributed by atoms with Gasteiger partial charge < -0.3 is 15.2 Å². The van der Waals surface area contributed by atoms with Crippen LogP contribution in [0.15, 0.2) is 12.3 Å². The van der Waals surface area contributed by atoms with Crippen molar-refractivity contribution in [2.75, 3.05) is 13.7 Å². The third-order valence-electron chi connectivity index (χ3n) is 3.79. The Kier molecular flexibility index (Phi) is 5.32. The summed E-state index contributed by atoms with van der Waals surface area (Å²) in [6.07, 6.45) is 6.10. The highest BCUT2D eigenvalue weighted by Crippen LogP contribution is 2.29. The lowest BCUT2D eigenvalue weighted by molar-refractivity contribution is -0.139. The number of hydrogen-bond acceptors (Lipinski definition) is 4. The van der Waals surface area contributed by atoms with E-state index in [2.05, 4.69) is 10.4 Å². The Labute approximate surface area is 123 Å². The summed E-state index contributed by atoms with van der Waals surface area (Å²) >= 11 is 0. The molecule has 1 aromatic rings. The highest BCUT2D eigenvalue weighted by molar-refractivity contribution is 5.95. The first-order chi connectivity index (χ1) is 10.1. The molecule has 1 aliphatic rings. The molecule has 0 saturated heterocycles. The molecule has 0 aromatic carbocycles. The highest BCUT2D eigenvalue weighted by atomic mass is 16.5. The van der Waals surface area contributed by atoms with E-state index in [4.69, 9.17) is 9.84 Å². The number of amides is 1. The molecule has 2 N–H and O–H groups in total. The third kappa shape index (κ3) is 3.81. The van der Waals surface area contributed by atoms with E-state index < -0.39 is 17.9 Å². The minimum atomic E-state index is -1.06. The average molecular weight is 295 g/mol. The van der Waals surface area contributed by atoms with Crippen LogP contribution in [0.5, 0.6) is 0 Å². The zero-order valence-electron chi connectivity index (χ0n) is 12.1. The van der Waals surface area contributed by atoms with Crippen LogP contribution in [0.1, 0.15) is 48.6 Å². The van der Waals surface area contributed by atoms with E-state index in [0.717, 1.165) is 25.7 Å². The quantitative estimate of drug-likeness (QED) is 0.789. The number of aliphatic carboxylic acids is 1. The zero-order valence-corrected chi connectivity index (χ0v) is 12.1. The van der Waals surface area contributed by atoms with E-state index in [1.807, 2.05) is 0 Å². The average Bonchev–Trinajstić information content (AvgIpc) is 3.11. The Morgan fingerprint density at radius 1 is 1.52 bits per heavy atom. The number of ether oxygens (including phenoxy) is 1. The SMILES string of the molecule is COCCC(NC(=O)c1ccnn1C1CCCC1)C(=O)O. The lowest BCUT2D eigenvalue weighted by Gasteiger charge is -2.17. The molecule has 1 unspecified atom stereocenters. The molecule has 0 radical (unpaired) electrons. The molecular weight excluding hydrogens is 274 g/mol. The minimum Gasteiger partial charge on any atom is -0.480 e. The molecule has 7 nitrogen and oxygen atoms in total. The molecule has 21 heavy (non-hydrogen) atoms. The smallest absolute Gasteiger partial charge is 0.326 e. The standard InChI is InChI=1S/C14H21N3O4/c1-21-9-7-11(14(19)20)16-13(18)12-6-8-15-17(12)10-4-2-3-5-10/h6,8,10-11H,2-5,7,9H2,1H3,(H,16,18)(H,19,20). The van der Waals surface area contributed by atoms with Gasteiger partial charge >= 0.3 is 5.97 Å². The van der Waals surface area contributed by atoms with Gasteiger partial charge in [0.1, 0.15) is 11.7 Å². The van der Waals surface area contributed by atoms with Crippen molar-refractivity contribution in [3.63, 3.8) is 0 Å². The fourth-order valence-corrected chi connectivity index (χ4v) is 2.66. The van der Waals surface area contributed by atoms with Crippen molar-refractivity contribution in [1.29, 1.82) is 0 Å². The second-order valence-electron chi connectivity index (χ2n) is 5.25. The number of methoxy groups -OCH3 is 1. The Morgan fingerprint density at radius 3 is 2.86 bits per heavy atom. The van der Waals surface area contributed by atoms with Gasteiger partial charge in [-0.05, 0) is 18.9 Å². The molecule has 7 heteroatoms. The maximum Gasteiger partial charge on any atom is 0.326 e. The Balaban J connectivity index is 2.05. The van der Waals surface area contributed by atoms with Crippen LogP contribution >= 0.6 is 0 Å². The first-order valence-electron chi connectivity index (χ1n) is 7.19. The van der Waals surface area contributed by atoms with Crippen LogP contribution in [0.25, 0.3) is 0 Å². The molecule has 1 atom stereocenters. The number of nitrogens with one attached hydrogen (secondary N) is 1. The molecule has 0 spiro atoms.